The second-order valence-electron chi connectivity index (χ2n) is 4.99. The van der Waals surface area contributed by atoms with Crippen LogP contribution in [-0.4, -0.2) is 13.2 Å². The van der Waals surface area contributed by atoms with Gasteiger partial charge < -0.3 is 0 Å². The fourth-order valence-corrected chi connectivity index (χ4v) is 7.22. The van der Waals surface area contributed by atoms with Gasteiger partial charge in [-0.25, -0.2) is 13.1 Å². The Labute approximate surface area is 145 Å². The minimum atomic E-state index is -3.53. The van der Waals surface area contributed by atoms with Crippen molar-refractivity contribution in [1.29, 1.82) is 0 Å². The second-order valence-corrected chi connectivity index (χ2v) is 10.5. The molecule has 0 spiro atoms. The van der Waals surface area contributed by atoms with Crippen molar-refractivity contribution in [2.45, 2.75) is 29.1 Å². The highest BCUT2D eigenvalue weighted by molar-refractivity contribution is 9.11. The summed E-state index contributed by atoms with van der Waals surface area (Å²) in [6, 6.07) is 9.38. The summed E-state index contributed by atoms with van der Waals surface area (Å²) in [4.78, 5) is 1.21. The maximum absolute atomic E-state index is 12.6. The quantitative estimate of drug-likeness (QED) is 0.713. The van der Waals surface area contributed by atoms with E-state index in [1.807, 2.05) is 31.2 Å². The zero-order chi connectivity index (χ0) is 15.2. The van der Waals surface area contributed by atoms with Gasteiger partial charge in [-0.15, -0.1) is 11.3 Å². The standard InChI is InChI=1S/C14H13Br2NO2S2/c1-8-12(7-13(16)20-8)21(18,19)17-14-10-5-3-2-4-9(10)6-11(14)15/h2-5,7,11,14,17H,6H2,1H3. The van der Waals surface area contributed by atoms with Gasteiger partial charge in [-0.1, -0.05) is 40.2 Å². The van der Waals surface area contributed by atoms with Crippen LogP contribution in [0.4, 0.5) is 0 Å². The van der Waals surface area contributed by atoms with E-state index in [0.717, 1.165) is 20.6 Å². The zero-order valence-corrected chi connectivity index (χ0v) is 15.9. The SMILES string of the molecule is Cc1sc(Br)cc1S(=O)(=O)NC1c2ccccc2CC1Br. The highest BCUT2D eigenvalue weighted by Gasteiger charge is 2.34. The summed E-state index contributed by atoms with van der Waals surface area (Å²) < 4.78 is 28.9. The molecule has 0 saturated heterocycles. The van der Waals surface area contributed by atoms with Crippen molar-refractivity contribution in [3.63, 3.8) is 0 Å². The van der Waals surface area contributed by atoms with Crippen molar-refractivity contribution in [2.75, 3.05) is 0 Å². The van der Waals surface area contributed by atoms with E-state index in [2.05, 4.69) is 36.6 Å². The number of sulfonamides is 1. The molecule has 3 nitrogen and oxygen atoms in total. The second kappa shape index (κ2) is 5.77. The van der Waals surface area contributed by atoms with Gasteiger partial charge in [-0.3, -0.25) is 0 Å². The molecule has 1 aliphatic rings. The number of hydrogen-bond acceptors (Lipinski definition) is 3. The largest absolute Gasteiger partial charge is 0.242 e. The van der Waals surface area contributed by atoms with Crippen LogP contribution in [0.15, 0.2) is 39.0 Å². The van der Waals surface area contributed by atoms with Crippen LogP contribution in [0, 0.1) is 6.92 Å². The number of nitrogens with one attached hydrogen (secondary N) is 1. The third kappa shape index (κ3) is 2.99. The van der Waals surface area contributed by atoms with E-state index in [-0.39, 0.29) is 10.9 Å². The summed E-state index contributed by atoms with van der Waals surface area (Å²) in [7, 11) is -3.53. The van der Waals surface area contributed by atoms with E-state index in [0.29, 0.717) is 4.90 Å². The summed E-state index contributed by atoms with van der Waals surface area (Å²) in [5.74, 6) is 0. The first-order valence-electron chi connectivity index (χ1n) is 6.38. The topological polar surface area (TPSA) is 46.2 Å². The summed E-state index contributed by atoms with van der Waals surface area (Å²) in [6.45, 7) is 1.82. The Kier molecular flexibility index (Phi) is 4.31. The van der Waals surface area contributed by atoms with E-state index < -0.39 is 10.0 Å². The van der Waals surface area contributed by atoms with Crippen molar-refractivity contribution in [1.82, 2.24) is 4.72 Å². The van der Waals surface area contributed by atoms with Gasteiger partial charge in [0.05, 0.1) is 14.7 Å². The van der Waals surface area contributed by atoms with E-state index >= 15 is 0 Å². The van der Waals surface area contributed by atoms with Crippen molar-refractivity contribution < 1.29 is 8.42 Å². The Hall–Kier alpha value is -0.210. The van der Waals surface area contributed by atoms with Crippen molar-refractivity contribution in [3.8, 4) is 0 Å². The molecular formula is C14H13Br2NO2S2. The van der Waals surface area contributed by atoms with Gasteiger partial charge >= 0.3 is 0 Å². The van der Waals surface area contributed by atoms with Crippen molar-refractivity contribution in [2.24, 2.45) is 0 Å². The van der Waals surface area contributed by atoms with Crippen LogP contribution in [0.3, 0.4) is 0 Å². The first-order valence-corrected chi connectivity index (χ1v) is 10.4. The molecule has 0 fully saturated rings. The monoisotopic (exact) mass is 449 g/mol. The molecule has 112 valence electrons. The number of alkyl halides is 1. The smallest absolute Gasteiger partial charge is 0.207 e. The maximum Gasteiger partial charge on any atom is 0.242 e. The Morgan fingerprint density at radius 1 is 1.33 bits per heavy atom. The molecule has 1 heterocycles. The lowest BCUT2D eigenvalue weighted by Gasteiger charge is -2.17. The van der Waals surface area contributed by atoms with Gasteiger partial charge in [-0.05, 0) is 46.5 Å². The van der Waals surface area contributed by atoms with Gasteiger partial charge in [0.25, 0.3) is 0 Å². The van der Waals surface area contributed by atoms with Crippen LogP contribution >= 0.6 is 43.2 Å². The molecule has 0 radical (unpaired) electrons. The zero-order valence-electron chi connectivity index (χ0n) is 11.1. The molecule has 1 aliphatic carbocycles. The van der Waals surface area contributed by atoms with Gasteiger partial charge in [0.15, 0.2) is 0 Å². The molecule has 0 saturated carbocycles. The third-order valence-corrected chi connectivity index (χ3v) is 7.68. The van der Waals surface area contributed by atoms with Crippen LogP contribution in [0.1, 0.15) is 22.0 Å². The molecule has 1 aromatic carbocycles. The lowest BCUT2D eigenvalue weighted by atomic mass is 10.1. The molecule has 0 aliphatic heterocycles. The molecule has 2 atom stereocenters. The third-order valence-electron chi connectivity index (χ3n) is 3.58. The summed E-state index contributed by atoms with van der Waals surface area (Å²) in [5.41, 5.74) is 2.24. The lowest BCUT2D eigenvalue weighted by molar-refractivity contribution is 0.559. The Morgan fingerprint density at radius 2 is 2.05 bits per heavy atom. The number of rotatable bonds is 3. The van der Waals surface area contributed by atoms with Crippen molar-refractivity contribution >= 4 is 53.2 Å². The summed E-state index contributed by atoms with van der Waals surface area (Å²) in [5, 5.41) is 0. The Balaban J connectivity index is 1.95. The molecule has 7 heteroatoms. The van der Waals surface area contributed by atoms with Crippen molar-refractivity contribution in [3.05, 3.63) is 50.1 Å². The molecule has 2 aromatic rings. The first kappa shape index (κ1) is 15.7. The van der Waals surface area contributed by atoms with Crippen LogP contribution in [0.5, 0.6) is 0 Å². The maximum atomic E-state index is 12.6. The van der Waals surface area contributed by atoms with Gasteiger partial charge in [0, 0.05) is 9.70 Å². The first-order chi connectivity index (χ1) is 9.88. The number of thiophene rings is 1. The highest BCUT2D eigenvalue weighted by Crippen LogP contribution is 2.38. The fraction of sp³-hybridized carbons (Fsp3) is 0.286. The minimum absolute atomic E-state index is 0.0760. The van der Waals surface area contributed by atoms with Gasteiger partial charge in [0.1, 0.15) is 0 Å². The van der Waals surface area contributed by atoms with E-state index in [1.54, 1.807) is 6.07 Å². The highest BCUT2D eigenvalue weighted by atomic mass is 79.9. The predicted octanol–water partition coefficient (Wildman–Crippen LogP) is 4.16. The van der Waals surface area contributed by atoms with Gasteiger partial charge in [0.2, 0.25) is 10.0 Å². The van der Waals surface area contributed by atoms with Gasteiger partial charge in [-0.2, -0.15) is 0 Å². The summed E-state index contributed by atoms with van der Waals surface area (Å²) >= 11 is 8.37. The lowest BCUT2D eigenvalue weighted by Crippen LogP contribution is -2.31. The number of hydrogen-bond donors (Lipinski definition) is 1. The normalized spacial score (nSPS) is 21.5. The molecule has 1 N–H and O–H groups in total. The molecule has 0 amide bonds. The fourth-order valence-electron chi connectivity index (χ4n) is 2.61. The molecule has 1 aromatic heterocycles. The Bertz CT molecular complexity index is 786. The van der Waals surface area contributed by atoms with E-state index in [9.17, 15) is 8.42 Å². The summed E-state index contributed by atoms with van der Waals surface area (Å²) in [6.07, 6.45) is 0.829. The number of fused-ring (bicyclic) bond motifs is 1. The minimum Gasteiger partial charge on any atom is -0.207 e. The van der Waals surface area contributed by atoms with E-state index in [1.165, 1.54) is 16.9 Å². The number of aryl methyl sites for hydroxylation is 1. The number of benzene rings is 1. The molecular weight excluding hydrogens is 438 g/mol. The Morgan fingerprint density at radius 3 is 2.71 bits per heavy atom. The van der Waals surface area contributed by atoms with Crippen LogP contribution in [0.2, 0.25) is 0 Å². The average Bonchev–Trinajstić information content (AvgIpc) is 2.91. The molecule has 21 heavy (non-hydrogen) atoms. The molecule has 3 rings (SSSR count). The molecule has 2 unspecified atom stereocenters. The van der Waals surface area contributed by atoms with Crippen LogP contribution in [0.25, 0.3) is 0 Å². The number of halogens is 2. The average molecular weight is 451 g/mol. The van der Waals surface area contributed by atoms with Crippen LogP contribution in [-0.2, 0) is 16.4 Å². The van der Waals surface area contributed by atoms with E-state index in [4.69, 9.17) is 0 Å². The molecule has 0 bridgehead atoms. The predicted molar refractivity (Wildman–Crippen MR) is 92.7 cm³/mol. The van der Waals surface area contributed by atoms with Crippen LogP contribution < -0.4 is 4.72 Å².